The van der Waals surface area contributed by atoms with Gasteiger partial charge in [0, 0.05) is 12.6 Å². The van der Waals surface area contributed by atoms with Crippen molar-refractivity contribution in [3.05, 3.63) is 55.3 Å². The predicted molar refractivity (Wildman–Crippen MR) is 136 cm³/mol. The Labute approximate surface area is 212 Å². The third kappa shape index (κ3) is 4.74. The third-order valence-corrected chi connectivity index (χ3v) is 7.83. The maximum Gasteiger partial charge on any atom is 0.323 e. The molecular weight excluding hydrogens is 514 g/mol. The number of hydrogen-bond donors (Lipinski definition) is 2. The minimum absolute atomic E-state index is 0.0158. The number of carboxylic acids is 2. The minimum Gasteiger partial charge on any atom is -0.480 e. The summed E-state index contributed by atoms with van der Waals surface area (Å²) < 4.78 is 7.22. The number of thiazole rings is 1. The topological polar surface area (TPSA) is 129 Å². The molecule has 0 bridgehead atoms. The molecule has 13 heteroatoms. The summed E-state index contributed by atoms with van der Waals surface area (Å²) in [4.78, 5) is 51.3. The van der Waals surface area contributed by atoms with Gasteiger partial charge in [0.1, 0.15) is 27.0 Å². The van der Waals surface area contributed by atoms with Crippen molar-refractivity contribution in [1.82, 2.24) is 9.47 Å². The van der Waals surface area contributed by atoms with E-state index in [1.165, 1.54) is 6.08 Å². The summed E-state index contributed by atoms with van der Waals surface area (Å²) in [6, 6.07) is 5.79. The number of anilines is 1. The van der Waals surface area contributed by atoms with Crippen LogP contribution in [-0.4, -0.2) is 54.9 Å². The summed E-state index contributed by atoms with van der Waals surface area (Å²) in [7, 11) is 0. The van der Waals surface area contributed by atoms with Crippen LogP contribution in [0.4, 0.5) is 5.69 Å². The van der Waals surface area contributed by atoms with Crippen LogP contribution in [0.1, 0.15) is 12.5 Å². The van der Waals surface area contributed by atoms with Gasteiger partial charge >= 0.3 is 11.9 Å². The first-order chi connectivity index (χ1) is 16.6. The van der Waals surface area contributed by atoms with E-state index in [1.807, 2.05) is 36.9 Å². The highest BCUT2D eigenvalue weighted by atomic mass is 32.2. The number of thiocarbonyl (C=S) groups is 1. The number of hydrogen-bond acceptors (Lipinski definition) is 9. The summed E-state index contributed by atoms with van der Waals surface area (Å²) >= 11 is 6.89. The molecule has 0 saturated carbocycles. The van der Waals surface area contributed by atoms with Crippen molar-refractivity contribution in [2.75, 3.05) is 18.0 Å². The fraction of sp³-hybridized carbons (Fsp3) is 0.227. The molecule has 2 aromatic rings. The molecule has 1 amide bonds. The van der Waals surface area contributed by atoms with Gasteiger partial charge in [0.2, 0.25) is 5.88 Å². The number of carbonyl (C=O) groups is 3. The van der Waals surface area contributed by atoms with E-state index in [0.717, 1.165) is 43.8 Å². The van der Waals surface area contributed by atoms with Crippen LogP contribution < -0.4 is 24.4 Å². The Kier molecular flexibility index (Phi) is 6.83. The number of aliphatic carboxylic acids is 2. The van der Waals surface area contributed by atoms with Gasteiger partial charge in [0.05, 0.1) is 10.2 Å². The molecule has 1 aromatic carbocycles. The number of carbonyl (C=O) groups excluding carboxylic acids is 1. The van der Waals surface area contributed by atoms with Gasteiger partial charge in [0.25, 0.3) is 11.5 Å². The highest BCUT2D eigenvalue weighted by molar-refractivity contribution is 8.30. The molecule has 182 valence electrons. The standard InChI is InChI=1S/C22H19N3O7S3/c1-3-23-12-8-11(2)4-5-13(12)32-15(23)7-6-14-19(30)24(9-16(26)27)21(34-14)18-20(31)25(10-17(28)29)22(33)35-18/h4-8H,3,9-10H2,1-2H3,(H,26,27)(H,28,29)/b14-6+,15-7-,21-18-. The Morgan fingerprint density at radius 3 is 2.49 bits per heavy atom. The number of amides is 1. The van der Waals surface area contributed by atoms with Crippen molar-refractivity contribution in [2.45, 2.75) is 20.4 Å². The van der Waals surface area contributed by atoms with E-state index in [-0.39, 0.29) is 18.4 Å². The van der Waals surface area contributed by atoms with Crippen LogP contribution in [0.3, 0.4) is 0 Å². The second-order valence-electron chi connectivity index (χ2n) is 7.53. The molecule has 2 aliphatic heterocycles. The van der Waals surface area contributed by atoms with Crippen LogP contribution in [0.25, 0.3) is 11.0 Å². The van der Waals surface area contributed by atoms with Crippen molar-refractivity contribution in [2.24, 2.45) is 0 Å². The molecule has 2 N–H and O–H groups in total. The Balaban J connectivity index is 1.83. The Hall–Kier alpha value is -3.42. The SMILES string of the molecule is CCN1/C(=C/C=c2/s/c(=C3\SC(=S)N(CC(=O)O)C3=O)n(CC(=O)O)c2=O)Oc2ccc(C)cc21. The maximum absolute atomic E-state index is 13.1. The smallest absolute Gasteiger partial charge is 0.323 e. The monoisotopic (exact) mass is 533 g/mol. The van der Waals surface area contributed by atoms with Gasteiger partial charge in [-0.25, -0.2) is 0 Å². The van der Waals surface area contributed by atoms with Crippen LogP contribution in [0.15, 0.2) is 35.0 Å². The second-order valence-corrected chi connectivity index (χ2v) is 10.2. The summed E-state index contributed by atoms with van der Waals surface area (Å²) in [5.41, 5.74) is 1.38. The molecule has 1 aromatic heterocycles. The zero-order valence-corrected chi connectivity index (χ0v) is 21.0. The van der Waals surface area contributed by atoms with E-state index in [1.54, 1.807) is 6.08 Å². The van der Waals surface area contributed by atoms with Gasteiger partial charge in [-0.05, 0) is 37.6 Å². The highest BCUT2D eigenvalue weighted by Gasteiger charge is 2.35. The van der Waals surface area contributed by atoms with Gasteiger partial charge in [-0.1, -0.05) is 30.0 Å². The van der Waals surface area contributed by atoms with E-state index in [0.29, 0.717) is 18.2 Å². The van der Waals surface area contributed by atoms with Crippen LogP contribution in [0.5, 0.6) is 5.75 Å². The number of thioether (sulfide) groups is 1. The molecule has 0 spiro atoms. The van der Waals surface area contributed by atoms with Gasteiger partial charge < -0.3 is 19.8 Å². The summed E-state index contributed by atoms with van der Waals surface area (Å²) in [6.07, 6.45) is 3.14. The first-order valence-electron chi connectivity index (χ1n) is 10.3. The van der Waals surface area contributed by atoms with Crippen molar-refractivity contribution in [3.63, 3.8) is 0 Å². The molecule has 0 atom stereocenters. The summed E-state index contributed by atoms with van der Waals surface area (Å²) in [5, 5.41) is 18.4. The van der Waals surface area contributed by atoms with Crippen LogP contribution in [0.2, 0.25) is 0 Å². The fourth-order valence-electron chi connectivity index (χ4n) is 3.59. The Morgan fingerprint density at radius 1 is 1.11 bits per heavy atom. The fourth-order valence-corrected chi connectivity index (χ4v) is 6.04. The van der Waals surface area contributed by atoms with Crippen molar-refractivity contribution in [3.8, 4) is 5.75 Å². The molecule has 0 radical (unpaired) electrons. The molecule has 0 aliphatic carbocycles. The normalized spacial score (nSPS) is 18.5. The molecule has 10 nitrogen and oxygen atoms in total. The van der Waals surface area contributed by atoms with E-state index >= 15 is 0 Å². The van der Waals surface area contributed by atoms with E-state index in [2.05, 4.69) is 0 Å². The number of benzene rings is 1. The van der Waals surface area contributed by atoms with E-state index < -0.39 is 36.5 Å². The highest BCUT2D eigenvalue weighted by Crippen LogP contribution is 2.39. The molecule has 1 fully saturated rings. The number of fused-ring (bicyclic) bond motifs is 1. The van der Waals surface area contributed by atoms with Gasteiger partial charge in [-0.15, -0.1) is 11.3 Å². The number of aromatic nitrogens is 1. The molecule has 35 heavy (non-hydrogen) atoms. The van der Waals surface area contributed by atoms with Crippen molar-refractivity contribution < 1.29 is 29.3 Å². The predicted octanol–water partition coefficient (Wildman–Crippen LogP) is 0.897. The van der Waals surface area contributed by atoms with Crippen LogP contribution >= 0.6 is 35.3 Å². The number of carboxylic acid groups (broad SMARTS) is 2. The van der Waals surface area contributed by atoms with E-state index in [9.17, 15) is 24.3 Å². The molecule has 0 unspecified atom stereocenters. The number of allylic oxidation sites excluding steroid dienone is 1. The van der Waals surface area contributed by atoms with Gasteiger partial charge in [-0.3, -0.25) is 28.6 Å². The summed E-state index contributed by atoms with van der Waals surface area (Å²) in [6.45, 7) is 3.26. The largest absolute Gasteiger partial charge is 0.480 e. The Bertz CT molecular complexity index is 1490. The van der Waals surface area contributed by atoms with Crippen LogP contribution in [-0.2, 0) is 20.9 Å². The van der Waals surface area contributed by atoms with Crippen molar-refractivity contribution in [1.29, 1.82) is 0 Å². The number of rotatable bonds is 6. The lowest BCUT2D eigenvalue weighted by Gasteiger charge is -2.15. The van der Waals surface area contributed by atoms with Gasteiger partial charge in [-0.2, -0.15) is 0 Å². The maximum atomic E-state index is 13.1. The molecule has 4 rings (SSSR count). The molecule has 3 heterocycles. The molecule has 1 saturated heterocycles. The number of nitrogens with zero attached hydrogens (tertiary/aromatic N) is 3. The van der Waals surface area contributed by atoms with Crippen LogP contribution in [0, 0.1) is 6.92 Å². The minimum atomic E-state index is -1.26. The first kappa shape index (κ1) is 24.7. The third-order valence-electron chi connectivity index (χ3n) is 5.12. The second kappa shape index (κ2) is 9.68. The van der Waals surface area contributed by atoms with Crippen molar-refractivity contribution >= 4 is 74.2 Å². The lowest BCUT2D eigenvalue weighted by atomic mass is 10.2. The zero-order chi connectivity index (χ0) is 25.4. The summed E-state index contributed by atoms with van der Waals surface area (Å²) in [5.74, 6) is -2.01. The molecule has 2 aliphatic rings. The first-order valence-corrected chi connectivity index (χ1v) is 12.3. The quantitative estimate of drug-likeness (QED) is 0.517. The van der Waals surface area contributed by atoms with E-state index in [4.69, 9.17) is 22.1 Å². The van der Waals surface area contributed by atoms with Gasteiger partial charge in [0.15, 0.2) is 5.75 Å². The lowest BCUT2D eigenvalue weighted by Crippen LogP contribution is -2.36. The average Bonchev–Trinajstić information content (AvgIpc) is 3.38. The molecular formula is C22H19N3O7S3. The lowest BCUT2D eigenvalue weighted by molar-refractivity contribution is -0.140. The number of aryl methyl sites for hydroxylation is 1. The Morgan fingerprint density at radius 2 is 1.83 bits per heavy atom. The average molecular weight is 534 g/mol. The number of ether oxygens (including phenoxy) is 1. The zero-order valence-electron chi connectivity index (χ0n) is 18.5.